The summed E-state index contributed by atoms with van der Waals surface area (Å²) in [6.45, 7) is 0. The Balaban J connectivity index is 2.08. The topological polar surface area (TPSA) is 15.8 Å². The monoisotopic (exact) mass is 317 g/mol. The summed E-state index contributed by atoms with van der Waals surface area (Å²) < 4.78 is 0. The van der Waals surface area contributed by atoms with Gasteiger partial charge in [0.2, 0.25) is 0 Å². The van der Waals surface area contributed by atoms with Crippen molar-refractivity contribution in [3.8, 4) is 0 Å². The van der Waals surface area contributed by atoms with Crippen LogP contribution >= 0.6 is 0 Å². The number of aromatic nitrogens is 1. The van der Waals surface area contributed by atoms with Crippen molar-refractivity contribution in [1.82, 2.24) is 4.98 Å². The highest BCUT2D eigenvalue weighted by atomic mass is 14.7. The summed E-state index contributed by atoms with van der Waals surface area (Å²) in [7, 11) is 0. The van der Waals surface area contributed by atoms with Crippen molar-refractivity contribution in [2.24, 2.45) is 0 Å². The summed E-state index contributed by atoms with van der Waals surface area (Å²) in [5.74, 6) is 0. The minimum atomic E-state index is 1.20. The number of nitrogens with one attached hydrogen (secondary N) is 1. The molecule has 5 aromatic carbocycles. The van der Waals surface area contributed by atoms with Crippen LogP contribution in [0.15, 0.2) is 84.9 Å². The van der Waals surface area contributed by atoms with E-state index in [1.807, 2.05) is 0 Å². The fourth-order valence-corrected chi connectivity index (χ4v) is 4.31. The molecule has 6 rings (SSSR count). The fraction of sp³-hybridized carbons (Fsp3) is 0. The van der Waals surface area contributed by atoms with Crippen LogP contribution in [0, 0.1) is 0 Å². The molecule has 1 aromatic heterocycles. The van der Waals surface area contributed by atoms with Crippen LogP contribution in [-0.4, -0.2) is 4.98 Å². The van der Waals surface area contributed by atoms with E-state index in [0.717, 1.165) is 0 Å². The fourth-order valence-electron chi connectivity index (χ4n) is 4.31. The third-order valence-electron chi connectivity index (χ3n) is 5.37. The minimum absolute atomic E-state index is 1.20. The zero-order chi connectivity index (χ0) is 16.4. The maximum Gasteiger partial charge on any atom is 0.0557 e. The zero-order valence-electron chi connectivity index (χ0n) is 13.6. The van der Waals surface area contributed by atoms with Gasteiger partial charge in [-0.25, -0.2) is 0 Å². The predicted molar refractivity (Wildman–Crippen MR) is 108 cm³/mol. The Morgan fingerprint density at radius 3 is 1.92 bits per heavy atom. The van der Waals surface area contributed by atoms with Gasteiger partial charge in [0, 0.05) is 21.7 Å². The van der Waals surface area contributed by atoms with E-state index in [0.29, 0.717) is 0 Å². The average molecular weight is 317 g/mol. The van der Waals surface area contributed by atoms with Gasteiger partial charge in [0.05, 0.1) is 5.52 Å². The number of benzene rings is 5. The maximum absolute atomic E-state index is 3.71. The smallest absolute Gasteiger partial charge is 0.0557 e. The maximum atomic E-state index is 3.71. The number of hydrogen-bond donors (Lipinski definition) is 1. The summed E-state index contributed by atoms with van der Waals surface area (Å²) in [5, 5.41) is 10.5. The van der Waals surface area contributed by atoms with Crippen LogP contribution in [-0.2, 0) is 0 Å². The quantitative estimate of drug-likeness (QED) is 0.297. The summed E-state index contributed by atoms with van der Waals surface area (Å²) in [4.78, 5) is 3.71. The summed E-state index contributed by atoms with van der Waals surface area (Å²) in [5.41, 5.74) is 2.44. The molecule has 1 nitrogen and oxygen atoms in total. The molecule has 0 saturated carbocycles. The summed E-state index contributed by atoms with van der Waals surface area (Å²) >= 11 is 0. The number of para-hydroxylation sites is 1. The molecule has 0 atom stereocenters. The molecule has 0 unspecified atom stereocenters. The highest BCUT2D eigenvalue weighted by molar-refractivity contribution is 6.35. The van der Waals surface area contributed by atoms with E-state index in [-0.39, 0.29) is 0 Å². The Labute approximate surface area is 144 Å². The Hall–Kier alpha value is -3.32. The first-order valence-electron chi connectivity index (χ1n) is 8.64. The van der Waals surface area contributed by atoms with Crippen molar-refractivity contribution >= 4 is 54.1 Å². The standard InChI is InChI=1S/C24H15N/c1-2-8-16-15(7-1)13-14-19-17-9-3-4-10-18(17)23-20-11-5-6-12-21(20)25-24(23)22(16)19/h1-14,25H. The Morgan fingerprint density at radius 2 is 1.04 bits per heavy atom. The molecule has 6 aromatic rings. The SMILES string of the molecule is c1ccc2c(c1)ccc1c3ccccc3c3c4ccccc4[nH]c3c21. The van der Waals surface area contributed by atoms with Crippen molar-refractivity contribution < 1.29 is 0 Å². The molecule has 0 spiro atoms. The second kappa shape index (κ2) is 4.61. The van der Waals surface area contributed by atoms with Gasteiger partial charge in [-0.05, 0) is 33.0 Å². The highest BCUT2D eigenvalue weighted by Gasteiger charge is 2.14. The molecule has 0 radical (unpaired) electrons. The average Bonchev–Trinajstić information content (AvgIpc) is 3.07. The minimum Gasteiger partial charge on any atom is -0.354 e. The van der Waals surface area contributed by atoms with Gasteiger partial charge in [-0.15, -0.1) is 0 Å². The molecule has 1 heterocycles. The normalized spacial score (nSPS) is 12.0. The van der Waals surface area contributed by atoms with Gasteiger partial charge in [0.1, 0.15) is 0 Å². The largest absolute Gasteiger partial charge is 0.354 e. The highest BCUT2D eigenvalue weighted by Crippen LogP contribution is 2.41. The predicted octanol–water partition coefficient (Wildman–Crippen LogP) is 6.78. The molecular weight excluding hydrogens is 302 g/mol. The van der Waals surface area contributed by atoms with Crippen LogP contribution in [0.4, 0.5) is 0 Å². The Kier molecular flexibility index (Phi) is 2.40. The van der Waals surface area contributed by atoms with E-state index in [1.165, 1.54) is 54.1 Å². The molecular formula is C24H15N. The van der Waals surface area contributed by atoms with E-state index in [4.69, 9.17) is 0 Å². The van der Waals surface area contributed by atoms with Gasteiger partial charge in [-0.1, -0.05) is 78.9 Å². The van der Waals surface area contributed by atoms with E-state index in [2.05, 4.69) is 89.9 Å². The van der Waals surface area contributed by atoms with Crippen molar-refractivity contribution in [2.75, 3.05) is 0 Å². The Bertz CT molecular complexity index is 1440. The second-order valence-corrected chi connectivity index (χ2v) is 6.68. The van der Waals surface area contributed by atoms with E-state index >= 15 is 0 Å². The first-order valence-corrected chi connectivity index (χ1v) is 8.64. The lowest BCUT2D eigenvalue weighted by atomic mass is 9.93. The third-order valence-corrected chi connectivity index (χ3v) is 5.37. The molecule has 0 amide bonds. The Morgan fingerprint density at radius 1 is 0.440 bits per heavy atom. The lowest BCUT2D eigenvalue weighted by molar-refractivity contribution is 1.57. The number of hydrogen-bond acceptors (Lipinski definition) is 0. The van der Waals surface area contributed by atoms with E-state index < -0.39 is 0 Å². The first kappa shape index (κ1) is 13.0. The van der Waals surface area contributed by atoms with Gasteiger partial charge in [-0.2, -0.15) is 0 Å². The molecule has 0 aliphatic carbocycles. The second-order valence-electron chi connectivity index (χ2n) is 6.68. The van der Waals surface area contributed by atoms with Crippen LogP contribution < -0.4 is 0 Å². The van der Waals surface area contributed by atoms with Crippen LogP contribution in [0.3, 0.4) is 0 Å². The van der Waals surface area contributed by atoms with Gasteiger partial charge in [-0.3, -0.25) is 0 Å². The van der Waals surface area contributed by atoms with Gasteiger partial charge >= 0.3 is 0 Å². The van der Waals surface area contributed by atoms with Gasteiger partial charge < -0.3 is 4.98 Å². The lowest BCUT2D eigenvalue weighted by Crippen LogP contribution is -1.83. The first-order chi connectivity index (χ1) is 12.4. The van der Waals surface area contributed by atoms with Crippen molar-refractivity contribution in [3.05, 3.63) is 84.9 Å². The molecule has 0 aliphatic heterocycles. The lowest BCUT2D eigenvalue weighted by Gasteiger charge is -2.10. The summed E-state index contributed by atoms with van der Waals surface area (Å²) in [6.07, 6.45) is 0. The van der Waals surface area contributed by atoms with Gasteiger partial charge in [0.25, 0.3) is 0 Å². The zero-order valence-corrected chi connectivity index (χ0v) is 13.6. The van der Waals surface area contributed by atoms with Crippen molar-refractivity contribution in [3.63, 3.8) is 0 Å². The molecule has 0 bridgehead atoms. The number of aromatic amines is 1. The van der Waals surface area contributed by atoms with Crippen LogP contribution in [0.25, 0.3) is 54.1 Å². The number of fused-ring (bicyclic) bond motifs is 10. The van der Waals surface area contributed by atoms with Crippen LogP contribution in [0.5, 0.6) is 0 Å². The molecule has 1 heteroatoms. The van der Waals surface area contributed by atoms with Crippen molar-refractivity contribution in [1.29, 1.82) is 0 Å². The molecule has 0 saturated heterocycles. The molecule has 1 N–H and O–H groups in total. The van der Waals surface area contributed by atoms with E-state index in [9.17, 15) is 0 Å². The molecule has 0 fully saturated rings. The third kappa shape index (κ3) is 1.62. The van der Waals surface area contributed by atoms with Crippen LogP contribution in [0.1, 0.15) is 0 Å². The van der Waals surface area contributed by atoms with Crippen molar-refractivity contribution in [2.45, 2.75) is 0 Å². The van der Waals surface area contributed by atoms with E-state index in [1.54, 1.807) is 0 Å². The van der Waals surface area contributed by atoms with Gasteiger partial charge in [0.15, 0.2) is 0 Å². The van der Waals surface area contributed by atoms with Crippen LogP contribution in [0.2, 0.25) is 0 Å². The number of rotatable bonds is 0. The summed E-state index contributed by atoms with van der Waals surface area (Å²) in [6, 6.07) is 30.5. The molecule has 25 heavy (non-hydrogen) atoms. The number of H-pyrrole nitrogens is 1. The molecule has 0 aliphatic rings. The molecule has 116 valence electrons.